The number of pyridine rings is 1. The van der Waals surface area contributed by atoms with E-state index >= 15 is 0 Å². The van der Waals surface area contributed by atoms with Crippen molar-refractivity contribution in [3.63, 3.8) is 0 Å². The van der Waals surface area contributed by atoms with Crippen molar-refractivity contribution < 1.29 is 0 Å². The zero-order valence-corrected chi connectivity index (χ0v) is 14.7. The van der Waals surface area contributed by atoms with Crippen LogP contribution in [0.3, 0.4) is 0 Å². The second-order valence-electron chi connectivity index (χ2n) is 6.96. The van der Waals surface area contributed by atoms with E-state index in [0.717, 1.165) is 5.69 Å². The third kappa shape index (κ3) is 2.54. The van der Waals surface area contributed by atoms with Crippen molar-refractivity contribution in [2.75, 3.05) is 0 Å². The molecule has 0 amide bonds. The highest BCUT2D eigenvalue weighted by Gasteiger charge is 2.23. The molecule has 0 aliphatic heterocycles. The fraction of sp³-hybridized carbons (Fsp3) is 0.261. The normalized spacial score (nSPS) is 13.1. The summed E-state index contributed by atoms with van der Waals surface area (Å²) in [5, 5.41) is 0. The minimum atomic E-state index is 1.14. The predicted molar refractivity (Wildman–Crippen MR) is 101 cm³/mol. The second-order valence-corrected chi connectivity index (χ2v) is 6.96. The summed E-state index contributed by atoms with van der Waals surface area (Å²) in [7, 11) is 0. The zero-order chi connectivity index (χ0) is 16.7. The van der Waals surface area contributed by atoms with Crippen LogP contribution in [0.1, 0.15) is 34.4 Å². The van der Waals surface area contributed by atoms with Gasteiger partial charge in [-0.15, -0.1) is 0 Å². The molecule has 1 aromatic heterocycles. The molecule has 1 aliphatic rings. The Labute approximate surface area is 144 Å². The smallest absolute Gasteiger partial charge is 0.0786 e. The minimum Gasteiger partial charge on any atom is -0.252 e. The van der Waals surface area contributed by atoms with E-state index in [1.54, 1.807) is 0 Å². The first-order valence-corrected chi connectivity index (χ1v) is 8.80. The molecule has 0 unspecified atom stereocenters. The molecular weight excluding hydrogens is 290 g/mol. The Kier molecular flexibility index (Phi) is 3.72. The van der Waals surface area contributed by atoms with Crippen molar-refractivity contribution in [1.29, 1.82) is 0 Å². The van der Waals surface area contributed by atoms with Gasteiger partial charge in [0.25, 0.3) is 0 Å². The van der Waals surface area contributed by atoms with Gasteiger partial charge in [-0.3, -0.25) is 4.98 Å². The predicted octanol–water partition coefficient (Wildman–Crippen LogP) is 5.83. The van der Waals surface area contributed by atoms with Crippen LogP contribution in [-0.2, 0) is 12.8 Å². The number of hydrogen-bond acceptors (Lipinski definition) is 1. The zero-order valence-electron chi connectivity index (χ0n) is 14.7. The van der Waals surface area contributed by atoms with Crippen LogP contribution >= 0.6 is 0 Å². The highest BCUT2D eigenvalue weighted by Crippen LogP contribution is 2.40. The molecule has 0 atom stereocenters. The molecule has 1 heterocycles. The molecule has 2 aromatic carbocycles. The summed E-state index contributed by atoms with van der Waals surface area (Å²) in [5.41, 5.74) is 11.8. The first-order chi connectivity index (χ1) is 11.6. The van der Waals surface area contributed by atoms with E-state index in [9.17, 15) is 0 Å². The summed E-state index contributed by atoms with van der Waals surface area (Å²) in [4.78, 5) is 5.04. The molecule has 24 heavy (non-hydrogen) atoms. The molecule has 0 saturated heterocycles. The van der Waals surface area contributed by atoms with Crippen molar-refractivity contribution >= 4 is 0 Å². The standard InChI is InChI=1S/C23H23N/c1-15-7-11-18(12-8-15)22-21-6-4-5-20(21)17(3)24-23(22)19-13-9-16(2)10-14-19/h7-14H,4-6H2,1-3H3. The number of aromatic nitrogens is 1. The van der Waals surface area contributed by atoms with Crippen molar-refractivity contribution in [3.8, 4) is 22.4 Å². The van der Waals surface area contributed by atoms with Gasteiger partial charge < -0.3 is 0 Å². The Morgan fingerprint density at radius 3 is 1.83 bits per heavy atom. The van der Waals surface area contributed by atoms with Crippen LogP contribution in [0.25, 0.3) is 22.4 Å². The molecule has 120 valence electrons. The second kappa shape index (κ2) is 5.90. The first kappa shape index (κ1) is 15.1. The van der Waals surface area contributed by atoms with Crippen LogP contribution < -0.4 is 0 Å². The first-order valence-electron chi connectivity index (χ1n) is 8.80. The van der Waals surface area contributed by atoms with Crippen LogP contribution in [0.5, 0.6) is 0 Å². The molecule has 0 fully saturated rings. The molecule has 3 aromatic rings. The lowest BCUT2D eigenvalue weighted by Crippen LogP contribution is -2.00. The number of hydrogen-bond donors (Lipinski definition) is 0. The third-order valence-electron chi connectivity index (χ3n) is 5.14. The van der Waals surface area contributed by atoms with Gasteiger partial charge in [0.2, 0.25) is 0 Å². The Hall–Kier alpha value is -2.41. The maximum atomic E-state index is 5.04. The van der Waals surface area contributed by atoms with Gasteiger partial charge in [-0.2, -0.15) is 0 Å². The van der Waals surface area contributed by atoms with E-state index in [1.807, 2.05) is 0 Å². The van der Waals surface area contributed by atoms with Crippen LogP contribution in [-0.4, -0.2) is 4.98 Å². The van der Waals surface area contributed by atoms with Crippen LogP contribution in [0.2, 0.25) is 0 Å². The number of aryl methyl sites for hydroxylation is 3. The van der Waals surface area contributed by atoms with Crippen molar-refractivity contribution in [2.24, 2.45) is 0 Å². The van der Waals surface area contributed by atoms with Gasteiger partial charge in [0.1, 0.15) is 0 Å². The van der Waals surface area contributed by atoms with E-state index in [2.05, 4.69) is 69.3 Å². The summed E-state index contributed by atoms with van der Waals surface area (Å²) in [6.07, 6.45) is 3.58. The molecule has 0 saturated carbocycles. The Morgan fingerprint density at radius 1 is 0.667 bits per heavy atom. The molecule has 1 nitrogen and oxygen atoms in total. The fourth-order valence-electron chi connectivity index (χ4n) is 3.80. The Balaban J connectivity index is 2.00. The highest BCUT2D eigenvalue weighted by atomic mass is 14.7. The molecule has 4 rings (SSSR count). The van der Waals surface area contributed by atoms with Crippen molar-refractivity contribution in [1.82, 2.24) is 4.98 Å². The van der Waals surface area contributed by atoms with Crippen LogP contribution in [0, 0.1) is 20.8 Å². The van der Waals surface area contributed by atoms with Crippen LogP contribution in [0.4, 0.5) is 0 Å². The lowest BCUT2D eigenvalue weighted by molar-refractivity contribution is 0.907. The molecule has 1 aliphatic carbocycles. The Morgan fingerprint density at radius 2 is 1.21 bits per heavy atom. The molecule has 0 spiro atoms. The van der Waals surface area contributed by atoms with Gasteiger partial charge in [-0.05, 0) is 56.7 Å². The van der Waals surface area contributed by atoms with E-state index in [-0.39, 0.29) is 0 Å². The quantitative estimate of drug-likeness (QED) is 0.580. The van der Waals surface area contributed by atoms with Crippen molar-refractivity contribution in [2.45, 2.75) is 40.0 Å². The summed E-state index contributed by atoms with van der Waals surface area (Å²) in [5.74, 6) is 0. The molecule has 1 heteroatoms. The van der Waals surface area contributed by atoms with Gasteiger partial charge in [0.15, 0.2) is 0 Å². The highest BCUT2D eigenvalue weighted by molar-refractivity contribution is 5.85. The summed E-state index contributed by atoms with van der Waals surface area (Å²) >= 11 is 0. The topological polar surface area (TPSA) is 12.9 Å². The SMILES string of the molecule is Cc1ccc(-c2nc(C)c3c(c2-c2ccc(C)cc2)CCC3)cc1. The number of nitrogens with zero attached hydrogens (tertiary/aromatic N) is 1. The van der Waals surface area contributed by atoms with E-state index in [0.29, 0.717) is 0 Å². The fourth-order valence-corrected chi connectivity index (χ4v) is 3.80. The summed E-state index contributed by atoms with van der Waals surface area (Å²) in [6.45, 7) is 6.44. The van der Waals surface area contributed by atoms with E-state index in [1.165, 1.54) is 63.9 Å². The van der Waals surface area contributed by atoms with E-state index in [4.69, 9.17) is 4.98 Å². The van der Waals surface area contributed by atoms with Gasteiger partial charge in [-0.1, -0.05) is 59.7 Å². The van der Waals surface area contributed by atoms with Crippen molar-refractivity contribution in [3.05, 3.63) is 76.5 Å². The number of fused-ring (bicyclic) bond motifs is 1. The monoisotopic (exact) mass is 313 g/mol. The number of benzene rings is 2. The maximum Gasteiger partial charge on any atom is 0.0786 e. The van der Waals surface area contributed by atoms with Gasteiger partial charge in [0.05, 0.1) is 5.69 Å². The third-order valence-corrected chi connectivity index (χ3v) is 5.14. The van der Waals surface area contributed by atoms with E-state index < -0.39 is 0 Å². The molecular formula is C23H23N. The van der Waals surface area contributed by atoms with Crippen LogP contribution in [0.15, 0.2) is 48.5 Å². The minimum absolute atomic E-state index is 1.14. The maximum absolute atomic E-state index is 5.04. The Bertz CT molecular complexity index is 887. The lowest BCUT2D eigenvalue weighted by atomic mass is 9.91. The molecule has 0 N–H and O–H groups in total. The molecule has 0 radical (unpaired) electrons. The van der Waals surface area contributed by atoms with Gasteiger partial charge in [0, 0.05) is 16.8 Å². The van der Waals surface area contributed by atoms with Gasteiger partial charge >= 0.3 is 0 Å². The largest absolute Gasteiger partial charge is 0.252 e. The molecule has 0 bridgehead atoms. The average molecular weight is 313 g/mol. The number of rotatable bonds is 2. The lowest BCUT2D eigenvalue weighted by Gasteiger charge is -2.17. The summed E-state index contributed by atoms with van der Waals surface area (Å²) < 4.78 is 0. The van der Waals surface area contributed by atoms with Gasteiger partial charge in [-0.25, -0.2) is 0 Å². The summed E-state index contributed by atoms with van der Waals surface area (Å²) in [6, 6.07) is 17.7. The average Bonchev–Trinajstić information content (AvgIpc) is 3.07.